The van der Waals surface area contributed by atoms with Crippen molar-refractivity contribution in [3.8, 4) is 0 Å². The van der Waals surface area contributed by atoms with Crippen LogP contribution >= 0.6 is 0 Å². The maximum absolute atomic E-state index is 4.61. The first-order valence-electron chi connectivity index (χ1n) is 8.72. The standard InChI is InChI=1S/C23H29N/c1-8-24-23-14-20(11-15(2)3)9-10-21(23)19(7)22-13-16(4)12-17(5)18(22)6/h8-10,12-15H,7,11H2,1-6H3. The number of nitrogens with zero attached hydrogens (tertiary/aromatic N) is 1. The molecule has 0 saturated heterocycles. The molecule has 0 aliphatic carbocycles. The van der Waals surface area contributed by atoms with Crippen molar-refractivity contribution in [2.24, 2.45) is 10.9 Å². The van der Waals surface area contributed by atoms with Crippen LogP contribution in [0.15, 0.2) is 41.9 Å². The fraction of sp³-hybridized carbons (Fsp3) is 0.348. The van der Waals surface area contributed by atoms with Crippen LogP contribution in [0.3, 0.4) is 0 Å². The van der Waals surface area contributed by atoms with Crippen LogP contribution in [0.1, 0.15) is 54.2 Å². The summed E-state index contributed by atoms with van der Waals surface area (Å²) in [6, 6.07) is 11.1. The number of aryl methyl sites for hydroxylation is 2. The molecule has 0 aromatic heterocycles. The zero-order chi connectivity index (χ0) is 17.9. The van der Waals surface area contributed by atoms with Gasteiger partial charge in [-0.05, 0) is 73.9 Å². The summed E-state index contributed by atoms with van der Waals surface area (Å²) in [6.45, 7) is 17.3. The van der Waals surface area contributed by atoms with Gasteiger partial charge in [0.05, 0.1) is 5.69 Å². The maximum Gasteiger partial charge on any atom is 0.0706 e. The summed E-state index contributed by atoms with van der Waals surface area (Å²) in [6.07, 6.45) is 2.93. The lowest BCUT2D eigenvalue weighted by Crippen LogP contribution is -1.97. The van der Waals surface area contributed by atoms with Gasteiger partial charge in [0.25, 0.3) is 0 Å². The molecule has 0 saturated carbocycles. The highest BCUT2D eigenvalue weighted by molar-refractivity contribution is 5.86. The average molecular weight is 319 g/mol. The van der Waals surface area contributed by atoms with Crippen molar-refractivity contribution in [1.82, 2.24) is 0 Å². The van der Waals surface area contributed by atoms with Gasteiger partial charge in [-0.2, -0.15) is 0 Å². The first-order valence-corrected chi connectivity index (χ1v) is 8.72. The quantitative estimate of drug-likeness (QED) is 0.551. The Bertz CT molecular complexity index is 779. The molecule has 0 heterocycles. The van der Waals surface area contributed by atoms with Crippen LogP contribution in [0.4, 0.5) is 5.69 Å². The molecule has 2 rings (SSSR count). The molecular formula is C23H29N. The summed E-state index contributed by atoms with van der Waals surface area (Å²) in [5, 5.41) is 0. The summed E-state index contributed by atoms with van der Waals surface area (Å²) in [5.41, 5.74) is 9.61. The SMILES string of the molecule is C=C(c1ccc(CC(C)C)cc1N=CC)c1cc(C)cc(C)c1C. The van der Waals surface area contributed by atoms with Gasteiger partial charge in [0.1, 0.15) is 0 Å². The van der Waals surface area contributed by atoms with E-state index in [9.17, 15) is 0 Å². The van der Waals surface area contributed by atoms with E-state index in [1.54, 1.807) is 0 Å². The summed E-state index contributed by atoms with van der Waals surface area (Å²) in [4.78, 5) is 4.61. The van der Waals surface area contributed by atoms with Crippen LogP contribution in [0.25, 0.3) is 5.57 Å². The topological polar surface area (TPSA) is 12.4 Å². The Morgan fingerprint density at radius 1 is 1.08 bits per heavy atom. The van der Waals surface area contributed by atoms with E-state index in [1.165, 1.54) is 27.8 Å². The van der Waals surface area contributed by atoms with Crippen LogP contribution in [-0.2, 0) is 6.42 Å². The van der Waals surface area contributed by atoms with Gasteiger partial charge < -0.3 is 0 Å². The lowest BCUT2D eigenvalue weighted by molar-refractivity contribution is 0.647. The second-order valence-corrected chi connectivity index (χ2v) is 7.07. The molecule has 1 nitrogen and oxygen atoms in total. The molecule has 1 heteroatoms. The minimum atomic E-state index is 0.638. The average Bonchev–Trinajstić information content (AvgIpc) is 2.50. The van der Waals surface area contributed by atoms with E-state index in [-0.39, 0.29) is 0 Å². The van der Waals surface area contributed by atoms with Crippen molar-refractivity contribution in [3.05, 3.63) is 70.3 Å². The van der Waals surface area contributed by atoms with E-state index in [4.69, 9.17) is 0 Å². The van der Waals surface area contributed by atoms with E-state index in [0.29, 0.717) is 5.92 Å². The molecule has 0 aliphatic heterocycles. The first-order chi connectivity index (χ1) is 11.3. The fourth-order valence-electron chi connectivity index (χ4n) is 3.17. The second-order valence-electron chi connectivity index (χ2n) is 7.07. The molecule has 0 bridgehead atoms. The molecule has 0 radical (unpaired) electrons. The Morgan fingerprint density at radius 3 is 2.42 bits per heavy atom. The molecule has 0 unspecified atom stereocenters. The Morgan fingerprint density at radius 2 is 1.79 bits per heavy atom. The molecule has 0 atom stereocenters. The number of benzene rings is 2. The normalized spacial score (nSPS) is 11.5. The highest BCUT2D eigenvalue weighted by Gasteiger charge is 2.13. The first kappa shape index (κ1) is 18.2. The van der Waals surface area contributed by atoms with Crippen molar-refractivity contribution in [2.75, 3.05) is 0 Å². The number of hydrogen-bond acceptors (Lipinski definition) is 1. The van der Waals surface area contributed by atoms with Gasteiger partial charge in [0, 0.05) is 11.8 Å². The molecule has 0 spiro atoms. The van der Waals surface area contributed by atoms with E-state index >= 15 is 0 Å². The zero-order valence-corrected chi connectivity index (χ0v) is 15.9. The van der Waals surface area contributed by atoms with E-state index in [1.807, 2.05) is 13.1 Å². The minimum Gasteiger partial charge on any atom is -0.261 e. The highest BCUT2D eigenvalue weighted by Crippen LogP contribution is 2.34. The van der Waals surface area contributed by atoms with Gasteiger partial charge >= 0.3 is 0 Å². The zero-order valence-electron chi connectivity index (χ0n) is 15.9. The molecular weight excluding hydrogens is 290 g/mol. The van der Waals surface area contributed by atoms with Crippen LogP contribution < -0.4 is 0 Å². The van der Waals surface area contributed by atoms with E-state index in [2.05, 4.69) is 76.5 Å². The molecule has 24 heavy (non-hydrogen) atoms. The van der Waals surface area contributed by atoms with Crippen LogP contribution in [0.5, 0.6) is 0 Å². The van der Waals surface area contributed by atoms with Crippen molar-refractivity contribution in [3.63, 3.8) is 0 Å². The summed E-state index contributed by atoms with van der Waals surface area (Å²) >= 11 is 0. The summed E-state index contributed by atoms with van der Waals surface area (Å²) in [7, 11) is 0. The second kappa shape index (κ2) is 7.61. The Balaban J connectivity index is 2.53. The largest absolute Gasteiger partial charge is 0.261 e. The Hall–Kier alpha value is -2.15. The van der Waals surface area contributed by atoms with Crippen molar-refractivity contribution < 1.29 is 0 Å². The summed E-state index contributed by atoms with van der Waals surface area (Å²) in [5.74, 6) is 0.638. The predicted octanol–water partition coefficient (Wildman–Crippen LogP) is 6.59. The van der Waals surface area contributed by atoms with Crippen molar-refractivity contribution in [2.45, 2.75) is 48.0 Å². The van der Waals surface area contributed by atoms with Crippen LogP contribution in [-0.4, -0.2) is 6.21 Å². The third kappa shape index (κ3) is 4.03. The fourth-order valence-corrected chi connectivity index (χ4v) is 3.17. The molecule has 0 N–H and O–H groups in total. The highest BCUT2D eigenvalue weighted by atomic mass is 14.7. The molecule has 0 amide bonds. The van der Waals surface area contributed by atoms with Crippen molar-refractivity contribution >= 4 is 17.5 Å². The molecule has 2 aromatic rings. The van der Waals surface area contributed by atoms with Gasteiger partial charge in [0.15, 0.2) is 0 Å². The van der Waals surface area contributed by atoms with Crippen molar-refractivity contribution in [1.29, 1.82) is 0 Å². The lowest BCUT2D eigenvalue weighted by Gasteiger charge is -2.16. The van der Waals surface area contributed by atoms with E-state index < -0.39 is 0 Å². The summed E-state index contributed by atoms with van der Waals surface area (Å²) < 4.78 is 0. The van der Waals surface area contributed by atoms with Crippen LogP contribution in [0.2, 0.25) is 0 Å². The smallest absolute Gasteiger partial charge is 0.0706 e. The third-order valence-corrected chi connectivity index (χ3v) is 4.44. The third-order valence-electron chi connectivity index (χ3n) is 4.44. The molecule has 2 aromatic carbocycles. The molecule has 0 fully saturated rings. The number of aliphatic imine (C=N–C) groups is 1. The molecule has 126 valence electrons. The lowest BCUT2D eigenvalue weighted by atomic mass is 9.90. The van der Waals surface area contributed by atoms with Gasteiger partial charge in [-0.25, -0.2) is 0 Å². The maximum atomic E-state index is 4.61. The predicted molar refractivity (Wildman–Crippen MR) is 108 cm³/mol. The van der Waals surface area contributed by atoms with E-state index in [0.717, 1.165) is 23.2 Å². The monoisotopic (exact) mass is 319 g/mol. The van der Waals surface area contributed by atoms with Gasteiger partial charge in [-0.1, -0.05) is 50.3 Å². The molecule has 0 aliphatic rings. The van der Waals surface area contributed by atoms with Gasteiger partial charge in [-0.3, -0.25) is 4.99 Å². The minimum absolute atomic E-state index is 0.638. The number of rotatable bonds is 5. The Kier molecular flexibility index (Phi) is 5.77. The van der Waals surface area contributed by atoms with Gasteiger partial charge in [0.2, 0.25) is 0 Å². The Labute approximate surface area is 147 Å². The van der Waals surface area contributed by atoms with Gasteiger partial charge in [-0.15, -0.1) is 0 Å². The number of hydrogen-bond donors (Lipinski definition) is 0. The van der Waals surface area contributed by atoms with Crippen LogP contribution in [0, 0.1) is 26.7 Å².